The fourth-order valence-corrected chi connectivity index (χ4v) is 2.12. The molecule has 1 aromatic heterocycles. The third-order valence-corrected chi connectivity index (χ3v) is 2.93. The Balaban J connectivity index is 2.16. The van der Waals surface area contributed by atoms with Crippen LogP contribution in [0.3, 0.4) is 0 Å². The lowest BCUT2D eigenvalue weighted by molar-refractivity contribution is 0.142. The molecule has 0 saturated carbocycles. The summed E-state index contributed by atoms with van der Waals surface area (Å²) in [5, 5.41) is 10.5. The summed E-state index contributed by atoms with van der Waals surface area (Å²) in [5.74, 6) is 0. The second-order valence-corrected chi connectivity index (χ2v) is 4.07. The van der Waals surface area contributed by atoms with E-state index in [2.05, 4.69) is 16.7 Å². The molecular formula is C14H19NO2. The Morgan fingerprint density at radius 1 is 1.29 bits per heavy atom. The van der Waals surface area contributed by atoms with Crippen molar-refractivity contribution in [3.8, 4) is 0 Å². The van der Waals surface area contributed by atoms with E-state index in [1.165, 1.54) is 5.52 Å². The minimum absolute atomic E-state index is 0.0962. The summed E-state index contributed by atoms with van der Waals surface area (Å²) in [6.07, 6.45) is 3.04. The van der Waals surface area contributed by atoms with Crippen molar-refractivity contribution in [1.82, 2.24) is 4.57 Å². The van der Waals surface area contributed by atoms with Gasteiger partial charge < -0.3 is 14.4 Å². The van der Waals surface area contributed by atoms with E-state index in [9.17, 15) is 5.11 Å². The Labute approximate surface area is 102 Å². The SMILES string of the molecule is CCOCCCn1cc(CO)c2ccccc21. The lowest BCUT2D eigenvalue weighted by Gasteiger charge is -2.05. The second-order valence-electron chi connectivity index (χ2n) is 4.07. The van der Waals surface area contributed by atoms with Crippen molar-refractivity contribution in [2.45, 2.75) is 26.5 Å². The van der Waals surface area contributed by atoms with Gasteiger partial charge in [0.2, 0.25) is 0 Å². The maximum atomic E-state index is 9.32. The lowest BCUT2D eigenvalue weighted by atomic mass is 10.2. The first kappa shape index (κ1) is 12.1. The van der Waals surface area contributed by atoms with Crippen molar-refractivity contribution in [3.63, 3.8) is 0 Å². The summed E-state index contributed by atoms with van der Waals surface area (Å²) in [5.41, 5.74) is 2.19. The lowest BCUT2D eigenvalue weighted by Crippen LogP contribution is -2.01. The molecule has 2 aromatic rings. The van der Waals surface area contributed by atoms with Gasteiger partial charge in [-0.25, -0.2) is 0 Å². The Morgan fingerprint density at radius 2 is 2.12 bits per heavy atom. The predicted octanol–water partition coefficient (Wildman–Crippen LogP) is 2.56. The largest absolute Gasteiger partial charge is 0.392 e. The highest BCUT2D eigenvalue weighted by Gasteiger charge is 2.06. The molecule has 3 heteroatoms. The smallest absolute Gasteiger partial charge is 0.0702 e. The van der Waals surface area contributed by atoms with Crippen molar-refractivity contribution >= 4 is 10.9 Å². The molecule has 1 aromatic carbocycles. The fourth-order valence-electron chi connectivity index (χ4n) is 2.12. The highest BCUT2D eigenvalue weighted by Crippen LogP contribution is 2.21. The third-order valence-electron chi connectivity index (χ3n) is 2.93. The summed E-state index contributed by atoms with van der Waals surface area (Å²) in [6.45, 7) is 4.60. The van der Waals surface area contributed by atoms with Crippen LogP contribution in [-0.2, 0) is 17.9 Å². The molecule has 0 aliphatic rings. The van der Waals surface area contributed by atoms with Gasteiger partial charge in [-0.3, -0.25) is 0 Å². The molecule has 17 heavy (non-hydrogen) atoms. The van der Waals surface area contributed by atoms with Crippen LogP contribution in [0.2, 0.25) is 0 Å². The van der Waals surface area contributed by atoms with Crippen molar-refractivity contribution < 1.29 is 9.84 Å². The van der Waals surface area contributed by atoms with Gasteiger partial charge in [0.25, 0.3) is 0 Å². The highest BCUT2D eigenvalue weighted by molar-refractivity contribution is 5.83. The van der Waals surface area contributed by atoms with Gasteiger partial charge in [-0.05, 0) is 19.4 Å². The van der Waals surface area contributed by atoms with Gasteiger partial charge in [-0.1, -0.05) is 18.2 Å². The van der Waals surface area contributed by atoms with Crippen LogP contribution in [0.4, 0.5) is 0 Å². The van der Waals surface area contributed by atoms with Gasteiger partial charge in [-0.15, -0.1) is 0 Å². The Morgan fingerprint density at radius 3 is 2.88 bits per heavy atom. The van der Waals surface area contributed by atoms with E-state index in [0.29, 0.717) is 0 Å². The van der Waals surface area contributed by atoms with Crippen molar-refractivity contribution in [2.75, 3.05) is 13.2 Å². The Kier molecular flexibility index (Phi) is 4.18. The van der Waals surface area contributed by atoms with Crippen molar-refractivity contribution in [1.29, 1.82) is 0 Å². The molecule has 0 unspecified atom stereocenters. The average Bonchev–Trinajstić information content (AvgIpc) is 2.73. The number of fused-ring (bicyclic) bond motifs is 1. The van der Waals surface area contributed by atoms with Crippen molar-refractivity contribution in [3.05, 3.63) is 36.0 Å². The second kappa shape index (κ2) is 5.84. The van der Waals surface area contributed by atoms with E-state index in [4.69, 9.17) is 4.74 Å². The highest BCUT2D eigenvalue weighted by atomic mass is 16.5. The van der Waals surface area contributed by atoms with Gasteiger partial charge in [0, 0.05) is 42.4 Å². The van der Waals surface area contributed by atoms with E-state index >= 15 is 0 Å². The Bertz CT molecular complexity index is 476. The number of rotatable bonds is 6. The average molecular weight is 233 g/mol. The Hall–Kier alpha value is -1.32. The van der Waals surface area contributed by atoms with Crippen LogP contribution in [0.1, 0.15) is 18.9 Å². The molecule has 0 atom stereocenters. The van der Waals surface area contributed by atoms with E-state index in [1.54, 1.807) is 0 Å². The number of aryl methyl sites for hydroxylation is 1. The van der Waals surface area contributed by atoms with E-state index in [1.807, 2.05) is 25.3 Å². The maximum Gasteiger partial charge on any atom is 0.0702 e. The van der Waals surface area contributed by atoms with Crippen LogP contribution in [-0.4, -0.2) is 22.9 Å². The molecule has 0 aliphatic heterocycles. The van der Waals surface area contributed by atoms with Gasteiger partial charge in [-0.2, -0.15) is 0 Å². The number of aliphatic hydroxyl groups excluding tert-OH is 1. The first-order valence-electron chi connectivity index (χ1n) is 6.12. The van der Waals surface area contributed by atoms with Gasteiger partial charge in [0.15, 0.2) is 0 Å². The number of ether oxygens (including phenoxy) is 1. The molecule has 0 bridgehead atoms. The molecule has 0 aliphatic carbocycles. The molecule has 1 N–H and O–H groups in total. The minimum Gasteiger partial charge on any atom is -0.392 e. The molecule has 0 saturated heterocycles. The zero-order valence-corrected chi connectivity index (χ0v) is 10.2. The van der Waals surface area contributed by atoms with E-state index in [0.717, 1.165) is 37.1 Å². The molecular weight excluding hydrogens is 214 g/mol. The number of para-hydroxylation sites is 1. The molecule has 0 radical (unpaired) electrons. The number of nitrogens with zero attached hydrogens (tertiary/aromatic N) is 1. The number of aromatic nitrogens is 1. The quantitative estimate of drug-likeness (QED) is 0.778. The van der Waals surface area contributed by atoms with Gasteiger partial charge >= 0.3 is 0 Å². The zero-order valence-electron chi connectivity index (χ0n) is 10.2. The zero-order chi connectivity index (χ0) is 12.1. The van der Waals surface area contributed by atoms with Crippen molar-refractivity contribution in [2.24, 2.45) is 0 Å². The molecule has 3 nitrogen and oxygen atoms in total. The minimum atomic E-state index is 0.0962. The molecule has 92 valence electrons. The number of benzene rings is 1. The monoisotopic (exact) mass is 233 g/mol. The summed E-state index contributed by atoms with van der Waals surface area (Å²) in [4.78, 5) is 0. The van der Waals surface area contributed by atoms with Gasteiger partial charge in [0.05, 0.1) is 6.61 Å². The third kappa shape index (κ3) is 2.68. The van der Waals surface area contributed by atoms with Crippen LogP contribution in [0.15, 0.2) is 30.5 Å². The summed E-state index contributed by atoms with van der Waals surface area (Å²) in [6, 6.07) is 8.18. The standard InChI is InChI=1S/C14H19NO2/c1-2-17-9-5-8-15-10-12(11-16)13-6-3-4-7-14(13)15/h3-4,6-7,10,16H,2,5,8-9,11H2,1H3. The molecule has 2 rings (SSSR count). The van der Waals surface area contributed by atoms with Gasteiger partial charge in [0.1, 0.15) is 0 Å². The molecule has 0 amide bonds. The summed E-state index contributed by atoms with van der Waals surface area (Å²) in [7, 11) is 0. The molecule has 0 spiro atoms. The van der Waals surface area contributed by atoms with Crippen LogP contribution < -0.4 is 0 Å². The number of hydrogen-bond donors (Lipinski definition) is 1. The molecule has 1 heterocycles. The summed E-state index contributed by atoms with van der Waals surface area (Å²) < 4.78 is 7.53. The first-order valence-corrected chi connectivity index (χ1v) is 6.12. The van der Waals surface area contributed by atoms with Crippen LogP contribution in [0, 0.1) is 0 Å². The first-order chi connectivity index (χ1) is 8.36. The molecule has 0 fully saturated rings. The summed E-state index contributed by atoms with van der Waals surface area (Å²) >= 11 is 0. The fraction of sp³-hybridized carbons (Fsp3) is 0.429. The number of hydrogen-bond acceptors (Lipinski definition) is 2. The van der Waals surface area contributed by atoms with Crippen LogP contribution >= 0.6 is 0 Å². The number of aliphatic hydroxyl groups is 1. The van der Waals surface area contributed by atoms with E-state index < -0.39 is 0 Å². The normalized spacial score (nSPS) is 11.2. The van der Waals surface area contributed by atoms with Crippen LogP contribution in [0.5, 0.6) is 0 Å². The van der Waals surface area contributed by atoms with Crippen LogP contribution in [0.25, 0.3) is 10.9 Å². The topological polar surface area (TPSA) is 34.4 Å². The predicted molar refractivity (Wildman–Crippen MR) is 69.0 cm³/mol. The van der Waals surface area contributed by atoms with E-state index in [-0.39, 0.29) is 6.61 Å². The maximum absolute atomic E-state index is 9.32.